The van der Waals surface area contributed by atoms with Gasteiger partial charge in [0.15, 0.2) is 0 Å². The second-order valence-corrected chi connectivity index (χ2v) is 7.33. The summed E-state index contributed by atoms with van der Waals surface area (Å²) in [7, 11) is 0. The fourth-order valence-electron chi connectivity index (χ4n) is 1.96. The molecule has 0 radical (unpaired) electrons. The van der Waals surface area contributed by atoms with Crippen molar-refractivity contribution in [1.29, 1.82) is 0 Å². The van der Waals surface area contributed by atoms with Gasteiger partial charge in [0, 0.05) is 25.1 Å². The molecule has 0 bridgehead atoms. The highest BCUT2D eigenvalue weighted by Gasteiger charge is 2.15. The minimum Gasteiger partial charge on any atom is -0.271 e. The molecule has 0 saturated carbocycles. The summed E-state index contributed by atoms with van der Waals surface area (Å²) in [5.74, 6) is 5.73. The molecule has 1 aromatic heterocycles. The molecule has 0 aliphatic rings. The van der Waals surface area contributed by atoms with E-state index >= 15 is 0 Å². The Kier molecular flexibility index (Phi) is 5.59. The van der Waals surface area contributed by atoms with Crippen molar-refractivity contribution in [2.75, 3.05) is 0 Å². The summed E-state index contributed by atoms with van der Waals surface area (Å²) in [6.45, 7) is 2.18. The molecule has 0 aliphatic carbocycles. The number of aryl methyl sites for hydroxylation is 1. The van der Waals surface area contributed by atoms with Crippen molar-refractivity contribution in [1.82, 2.24) is 5.43 Å². The maximum Gasteiger partial charge on any atom is 0.0519 e. The molecule has 1 heterocycles. The normalized spacial score (nSPS) is 12.6. The Hall–Kier alpha value is -0.200. The van der Waals surface area contributed by atoms with Crippen LogP contribution in [0, 0.1) is 0 Å². The number of nitrogens with one attached hydrogen (secondary N) is 1. The lowest BCUT2D eigenvalue weighted by atomic mass is 10.0. The highest BCUT2D eigenvalue weighted by Crippen LogP contribution is 2.30. The van der Waals surface area contributed by atoms with Crippen LogP contribution in [0.2, 0.25) is 0 Å². The van der Waals surface area contributed by atoms with Gasteiger partial charge in [-0.1, -0.05) is 38.8 Å². The highest BCUT2D eigenvalue weighted by atomic mass is 79.9. The smallest absolute Gasteiger partial charge is 0.0519 e. The standard InChI is InChI=1S/C14H16Br2N2S/c1-2-10-4-5-11(19-10)8-14(18-17)12-7-9(15)3-6-13(12)16/h3-7,14,18H,2,8,17H2,1H3. The van der Waals surface area contributed by atoms with E-state index in [-0.39, 0.29) is 6.04 Å². The van der Waals surface area contributed by atoms with E-state index in [1.54, 1.807) is 0 Å². The van der Waals surface area contributed by atoms with Crippen LogP contribution >= 0.6 is 43.2 Å². The lowest BCUT2D eigenvalue weighted by molar-refractivity contribution is 0.553. The molecule has 1 unspecified atom stereocenters. The van der Waals surface area contributed by atoms with E-state index in [0.29, 0.717) is 0 Å². The Bertz CT molecular complexity index is 554. The molecule has 1 atom stereocenters. The third kappa shape index (κ3) is 3.89. The average Bonchev–Trinajstić information content (AvgIpc) is 2.87. The van der Waals surface area contributed by atoms with Gasteiger partial charge in [0.1, 0.15) is 0 Å². The second kappa shape index (κ2) is 6.99. The number of hydrazine groups is 1. The Morgan fingerprint density at radius 3 is 2.58 bits per heavy atom. The number of halogens is 2. The van der Waals surface area contributed by atoms with Gasteiger partial charge in [0.25, 0.3) is 0 Å². The van der Waals surface area contributed by atoms with Crippen molar-refractivity contribution in [3.8, 4) is 0 Å². The first kappa shape index (κ1) is 15.2. The Balaban J connectivity index is 2.22. The maximum atomic E-state index is 5.73. The van der Waals surface area contributed by atoms with Gasteiger partial charge in [0.05, 0.1) is 6.04 Å². The fourth-order valence-corrected chi connectivity index (χ4v) is 3.87. The Morgan fingerprint density at radius 1 is 1.21 bits per heavy atom. The van der Waals surface area contributed by atoms with Crippen molar-refractivity contribution >= 4 is 43.2 Å². The fraction of sp³-hybridized carbons (Fsp3) is 0.286. The van der Waals surface area contributed by atoms with Crippen LogP contribution in [0.1, 0.15) is 28.3 Å². The predicted molar refractivity (Wildman–Crippen MR) is 89.3 cm³/mol. The molecule has 0 amide bonds. The monoisotopic (exact) mass is 402 g/mol. The number of benzene rings is 1. The average molecular weight is 404 g/mol. The minimum atomic E-state index is 0.107. The third-order valence-corrected chi connectivity index (χ3v) is 5.47. The molecule has 2 aromatic rings. The molecular formula is C14H16Br2N2S. The van der Waals surface area contributed by atoms with Gasteiger partial charge in [-0.15, -0.1) is 11.3 Å². The first-order valence-corrected chi connectivity index (χ1v) is 8.53. The number of hydrogen-bond acceptors (Lipinski definition) is 3. The van der Waals surface area contributed by atoms with Crippen molar-refractivity contribution < 1.29 is 0 Å². The lowest BCUT2D eigenvalue weighted by Crippen LogP contribution is -2.29. The van der Waals surface area contributed by atoms with Gasteiger partial charge >= 0.3 is 0 Å². The first-order chi connectivity index (χ1) is 9.13. The minimum absolute atomic E-state index is 0.107. The molecule has 3 N–H and O–H groups in total. The van der Waals surface area contributed by atoms with Gasteiger partial charge in [-0.3, -0.25) is 11.3 Å². The van der Waals surface area contributed by atoms with Gasteiger partial charge in [-0.05, 0) is 42.3 Å². The topological polar surface area (TPSA) is 38.0 Å². The highest BCUT2D eigenvalue weighted by molar-refractivity contribution is 9.11. The molecule has 1 aromatic carbocycles. The Morgan fingerprint density at radius 2 is 1.95 bits per heavy atom. The molecule has 0 fully saturated rings. The van der Waals surface area contributed by atoms with Crippen LogP contribution in [-0.2, 0) is 12.8 Å². The quantitative estimate of drug-likeness (QED) is 0.566. The van der Waals surface area contributed by atoms with Crippen LogP contribution in [0.25, 0.3) is 0 Å². The zero-order valence-corrected chi connectivity index (χ0v) is 14.6. The summed E-state index contributed by atoms with van der Waals surface area (Å²) in [4.78, 5) is 2.77. The largest absolute Gasteiger partial charge is 0.271 e. The van der Waals surface area contributed by atoms with Gasteiger partial charge in [-0.2, -0.15) is 0 Å². The van der Waals surface area contributed by atoms with Crippen LogP contribution in [-0.4, -0.2) is 0 Å². The maximum absolute atomic E-state index is 5.73. The van der Waals surface area contributed by atoms with E-state index < -0.39 is 0 Å². The zero-order chi connectivity index (χ0) is 13.8. The molecular weight excluding hydrogens is 388 g/mol. The Labute approximate surface area is 134 Å². The summed E-state index contributed by atoms with van der Waals surface area (Å²) < 4.78 is 2.14. The van der Waals surface area contributed by atoms with Gasteiger partial charge in [0.2, 0.25) is 0 Å². The van der Waals surface area contributed by atoms with Gasteiger partial charge < -0.3 is 0 Å². The molecule has 0 aliphatic heterocycles. The van der Waals surface area contributed by atoms with Crippen LogP contribution in [0.15, 0.2) is 39.3 Å². The van der Waals surface area contributed by atoms with Crippen molar-refractivity contribution in [3.05, 3.63) is 54.6 Å². The van der Waals surface area contributed by atoms with E-state index in [1.165, 1.54) is 15.3 Å². The molecule has 19 heavy (non-hydrogen) atoms. The van der Waals surface area contributed by atoms with E-state index in [1.807, 2.05) is 23.5 Å². The van der Waals surface area contributed by atoms with Crippen molar-refractivity contribution in [3.63, 3.8) is 0 Å². The van der Waals surface area contributed by atoms with E-state index in [9.17, 15) is 0 Å². The first-order valence-electron chi connectivity index (χ1n) is 6.12. The number of rotatable bonds is 5. The van der Waals surface area contributed by atoms with Gasteiger partial charge in [-0.25, -0.2) is 0 Å². The summed E-state index contributed by atoms with van der Waals surface area (Å²) in [6.07, 6.45) is 1.99. The molecule has 0 saturated heterocycles. The van der Waals surface area contributed by atoms with Crippen LogP contribution in [0.5, 0.6) is 0 Å². The summed E-state index contributed by atoms with van der Waals surface area (Å²) in [6, 6.07) is 10.7. The molecule has 0 spiro atoms. The molecule has 2 nitrogen and oxygen atoms in total. The lowest BCUT2D eigenvalue weighted by Gasteiger charge is -2.17. The van der Waals surface area contributed by atoms with E-state index in [0.717, 1.165) is 21.8 Å². The van der Waals surface area contributed by atoms with Crippen LogP contribution < -0.4 is 11.3 Å². The summed E-state index contributed by atoms with van der Waals surface area (Å²) in [5.41, 5.74) is 4.09. The summed E-state index contributed by atoms with van der Waals surface area (Å²) >= 11 is 8.96. The van der Waals surface area contributed by atoms with Crippen molar-refractivity contribution in [2.24, 2.45) is 5.84 Å². The SMILES string of the molecule is CCc1ccc(CC(NN)c2cc(Br)ccc2Br)s1. The second-order valence-electron chi connectivity index (χ2n) is 4.31. The number of thiophene rings is 1. The predicted octanol–water partition coefficient (Wildman–Crippen LogP) is 4.58. The number of hydrogen-bond donors (Lipinski definition) is 2. The molecule has 5 heteroatoms. The zero-order valence-electron chi connectivity index (χ0n) is 10.6. The molecule has 2 rings (SSSR count). The third-order valence-electron chi connectivity index (χ3n) is 3.01. The summed E-state index contributed by atoms with van der Waals surface area (Å²) in [5, 5.41) is 0. The molecule has 102 valence electrons. The van der Waals surface area contributed by atoms with E-state index in [4.69, 9.17) is 5.84 Å². The van der Waals surface area contributed by atoms with Crippen LogP contribution in [0.3, 0.4) is 0 Å². The van der Waals surface area contributed by atoms with Crippen molar-refractivity contribution in [2.45, 2.75) is 25.8 Å². The van der Waals surface area contributed by atoms with E-state index in [2.05, 4.69) is 62.4 Å². The number of nitrogens with two attached hydrogens (primary N) is 1. The van der Waals surface area contributed by atoms with Crippen LogP contribution in [0.4, 0.5) is 0 Å².